The summed E-state index contributed by atoms with van der Waals surface area (Å²) in [5.74, 6) is 0.412. The number of carbonyl (C=O) groups excluding carboxylic acids is 1. The molecule has 4 nitrogen and oxygen atoms in total. The molecule has 0 bridgehead atoms. The molecule has 4 heteroatoms. The highest BCUT2D eigenvalue weighted by atomic mass is 16.5. The Morgan fingerprint density at radius 2 is 1.85 bits per heavy atom. The van der Waals surface area contributed by atoms with Crippen molar-refractivity contribution < 1.29 is 9.53 Å². The highest BCUT2D eigenvalue weighted by Gasteiger charge is 2.30. The number of carbonyl (C=O) groups is 1. The number of rotatable bonds is 5. The van der Waals surface area contributed by atoms with Crippen molar-refractivity contribution in [3.8, 4) is 0 Å². The van der Waals surface area contributed by atoms with Gasteiger partial charge in [-0.3, -0.25) is 4.79 Å². The van der Waals surface area contributed by atoms with E-state index in [0.29, 0.717) is 25.1 Å². The SMILES string of the molecule is NCCCN(C(=O)C1CCCOC1)C1CCCCCC1. The van der Waals surface area contributed by atoms with Gasteiger partial charge in [0.2, 0.25) is 5.91 Å². The Morgan fingerprint density at radius 1 is 1.10 bits per heavy atom. The number of hydrogen-bond donors (Lipinski definition) is 1. The molecule has 2 rings (SSSR count). The van der Waals surface area contributed by atoms with Crippen LogP contribution in [0.1, 0.15) is 57.8 Å². The standard InChI is InChI=1S/C16H30N2O2/c17-10-6-11-18(15-8-3-1-2-4-9-15)16(19)14-7-5-12-20-13-14/h14-15H,1-13,17H2. The van der Waals surface area contributed by atoms with E-state index in [2.05, 4.69) is 4.90 Å². The molecule has 0 aromatic carbocycles. The third-order valence-electron chi connectivity index (χ3n) is 4.66. The molecule has 1 aliphatic heterocycles. The fourth-order valence-corrected chi connectivity index (χ4v) is 3.47. The first-order valence-electron chi connectivity index (χ1n) is 8.41. The van der Waals surface area contributed by atoms with E-state index in [4.69, 9.17) is 10.5 Å². The van der Waals surface area contributed by atoms with Crippen molar-refractivity contribution in [1.29, 1.82) is 0 Å². The van der Waals surface area contributed by atoms with Crippen molar-refractivity contribution in [2.75, 3.05) is 26.3 Å². The third-order valence-corrected chi connectivity index (χ3v) is 4.66. The van der Waals surface area contributed by atoms with Gasteiger partial charge in [0.05, 0.1) is 12.5 Å². The second-order valence-corrected chi connectivity index (χ2v) is 6.23. The van der Waals surface area contributed by atoms with E-state index in [9.17, 15) is 4.79 Å². The maximum Gasteiger partial charge on any atom is 0.228 e. The molecule has 0 aromatic rings. The molecule has 2 aliphatic rings. The third kappa shape index (κ3) is 4.45. The van der Waals surface area contributed by atoms with Crippen LogP contribution in [0.4, 0.5) is 0 Å². The summed E-state index contributed by atoms with van der Waals surface area (Å²) in [5, 5.41) is 0. The van der Waals surface area contributed by atoms with Crippen molar-refractivity contribution in [2.45, 2.75) is 63.8 Å². The second kappa shape index (κ2) is 8.63. The van der Waals surface area contributed by atoms with Gasteiger partial charge in [0.1, 0.15) is 0 Å². The molecule has 2 fully saturated rings. The maximum absolute atomic E-state index is 12.8. The van der Waals surface area contributed by atoms with Crippen LogP contribution >= 0.6 is 0 Å². The predicted molar refractivity (Wildman–Crippen MR) is 80.4 cm³/mol. The molecule has 1 saturated carbocycles. The molecule has 1 atom stereocenters. The van der Waals surface area contributed by atoms with E-state index in [1.165, 1.54) is 38.5 Å². The van der Waals surface area contributed by atoms with Crippen molar-refractivity contribution in [3.05, 3.63) is 0 Å². The number of nitrogens with zero attached hydrogens (tertiary/aromatic N) is 1. The van der Waals surface area contributed by atoms with Crippen LogP contribution in [0.25, 0.3) is 0 Å². The van der Waals surface area contributed by atoms with Gasteiger partial charge in [0.25, 0.3) is 0 Å². The summed E-state index contributed by atoms with van der Waals surface area (Å²) < 4.78 is 5.50. The van der Waals surface area contributed by atoms with Gasteiger partial charge < -0.3 is 15.4 Å². The highest BCUT2D eigenvalue weighted by molar-refractivity contribution is 5.79. The Bertz CT molecular complexity index is 282. The quantitative estimate of drug-likeness (QED) is 0.787. The monoisotopic (exact) mass is 282 g/mol. The van der Waals surface area contributed by atoms with Crippen LogP contribution in [0, 0.1) is 5.92 Å². The number of nitrogens with two attached hydrogens (primary N) is 1. The zero-order valence-electron chi connectivity index (χ0n) is 12.7. The smallest absolute Gasteiger partial charge is 0.228 e. The first kappa shape index (κ1) is 15.8. The lowest BCUT2D eigenvalue weighted by Gasteiger charge is -2.35. The first-order valence-corrected chi connectivity index (χ1v) is 8.41. The fraction of sp³-hybridized carbons (Fsp3) is 0.938. The van der Waals surface area contributed by atoms with Crippen molar-refractivity contribution in [2.24, 2.45) is 11.7 Å². The van der Waals surface area contributed by atoms with E-state index in [1.54, 1.807) is 0 Å². The molecule has 116 valence electrons. The molecule has 1 unspecified atom stereocenters. The van der Waals surface area contributed by atoms with E-state index in [1.807, 2.05) is 0 Å². The van der Waals surface area contributed by atoms with Gasteiger partial charge in [-0.2, -0.15) is 0 Å². The Morgan fingerprint density at radius 3 is 2.45 bits per heavy atom. The Kier molecular flexibility index (Phi) is 6.80. The summed E-state index contributed by atoms with van der Waals surface area (Å²) >= 11 is 0. The summed E-state index contributed by atoms with van der Waals surface area (Å²) in [5.41, 5.74) is 5.65. The Labute approximate surface area is 123 Å². The summed E-state index contributed by atoms with van der Waals surface area (Å²) in [4.78, 5) is 15.0. The van der Waals surface area contributed by atoms with Crippen LogP contribution in [-0.2, 0) is 9.53 Å². The molecule has 1 amide bonds. The first-order chi connectivity index (χ1) is 9.83. The van der Waals surface area contributed by atoms with Gasteiger partial charge in [-0.15, -0.1) is 0 Å². The van der Waals surface area contributed by atoms with E-state index in [0.717, 1.165) is 32.4 Å². The van der Waals surface area contributed by atoms with Crippen LogP contribution in [0.5, 0.6) is 0 Å². The molecule has 2 N–H and O–H groups in total. The van der Waals surface area contributed by atoms with Gasteiger partial charge in [-0.1, -0.05) is 25.7 Å². The molecule has 1 saturated heterocycles. The Hall–Kier alpha value is -0.610. The van der Waals surface area contributed by atoms with Crippen molar-refractivity contribution >= 4 is 5.91 Å². The largest absolute Gasteiger partial charge is 0.381 e. The number of amides is 1. The average Bonchev–Trinajstić information content (AvgIpc) is 2.77. The topological polar surface area (TPSA) is 55.6 Å². The van der Waals surface area contributed by atoms with Gasteiger partial charge in [0, 0.05) is 19.2 Å². The zero-order valence-corrected chi connectivity index (χ0v) is 12.7. The summed E-state index contributed by atoms with van der Waals surface area (Å²) in [6, 6.07) is 0.443. The molecule has 1 heterocycles. The molecule has 20 heavy (non-hydrogen) atoms. The molecule has 0 aromatic heterocycles. The van der Waals surface area contributed by atoms with Gasteiger partial charge in [-0.05, 0) is 38.6 Å². The normalized spacial score (nSPS) is 25.1. The predicted octanol–water partition coefficient (Wildman–Crippen LogP) is 2.31. The lowest BCUT2D eigenvalue weighted by atomic mass is 9.98. The summed E-state index contributed by atoms with van der Waals surface area (Å²) in [6.07, 6.45) is 10.4. The van der Waals surface area contributed by atoms with E-state index in [-0.39, 0.29) is 5.92 Å². The van der Waals surface area contributed by atoms with Crippen LogP contribution in [0.15, 0.2) is 0 Å². The lowest BCUT2D eigenvalue weighted by molar-refractivity contribution is -0.142. The second-order valence-electron chi connectivity index (χ2n) is 6.23. The minimum atomic E-state index is 0.0878. The van der Waals surface area contributed by atoms with Crippen molar-refractivity contribution in [3.63, 3.8) is 0 Å². The van der Waals surface area contributed by atoms with Crippen LogP contribution in [-0.4, -0.2) is 43.2 Å². The minimum absolute atomic E-state index is 0.0878. The average molecular weight is 282 g/mol. The zero-order chi connectivity index (χ0) is 14.2. The highest BCUT2D eigenvalue weighted by Crippen LogP contribution is 2.25. The lowest BCUT2D eigenvalue weighted by Crippen LogP contribution is -2.46. The molecular formula is C16H30N2O2. The van der Waals surface area contributed by atoms with Crippen LogP contribution < -0.4 is 5.73 Å². The maximum atomic E-state index is 12.8. The van der Waals surface area contributed by atoms with E-state index >= 15 is 0 Å². The summed E-state index contributed by atoms with van der Waals surface area (Å²) in [7, 11) is 0. The van der Waals surface area contributed by atoms with E-state index < -0.39 is 0 Å². The summed E-state index contributed by atoms with van der Waals surface area (Å²) in [6.45, 7) is 2.93. The van der Waals surface area contributed by atoms with Crippen LogP contribution in [0.2, 0.25) is 0 Å². The van der Waals surface area contributed by atoms with Gasteiger partial charge in [0.15, 0.2) is 0 Å². The fourth-order valence-electron chi connectivity index (χ4n) is 3.47. The van der Waals surface area contributed by atoms with Gasteiger partial charge in [-0.25, -0.2) is 0 Å². The van der Waals surface area contributed by atoms with Crippen molar-refractivity contribution in [1.82, 2.24) is 4.90 Å². The van der Waals surface area contributed by atoms with Gasteiger partial charge >= 0.3 is 0 Å². The van der Waals surface area contributed by atoms with Crippen LogP contribution in [0.3, 0.4) is 0 Å². The number of ether oxygens (including phenoxy) is 1. The minimum Gasteiger partial charge on any atom is -0.381 e. The molecule has 0 spiro atoms. The number of hydrogen-bond acceptors (Lipinski definition) is 3. The Balaban J connectivity index is 1.98. The molecular weight excluding hydrogens is 252 g/mol. The molecule has 0 radical (unpaired) electrons. The molecule has 1 aliphatic carbocycles.